The Morgan fingerprint density at radius 3 is 2.70 bits per heavy atom. The Hall–Kier alpha value is -0.930. The molecule has 2 N–H and O–H groups in total. The van der Waals surface area contributed by atoms with E-state index in [1.165, 1.54) is 33.7 Å². The Morgan fingerprint density at radius 1 is 1.22 bits per heavy atom. The van der Waals surface area contributed by atoms with Crippen LogP contribution in [0.25, 0.3) is 0 Å². The molecule has 146 valence electrons. The molecule has 1 saturated heterocycles. The van der Waals surface area contributed by atoms with Crippen LogP contribution in [-0.2, 0) is 22.9 Å². The largest absolute Gasteiger partial charge is 0.369 e. The number of sulfonamides is 1. The van der Waals surface area contributed by atoms with Crippen LogP contribution < -0.4 is 14.9 Å². The summed E-state index contributed by atoms with van der Waals surface area (Å²) in [6.45, 7) is 6.13. The number of rotatable bonds is 4. The highest BCUT2D eigenvalue weighted by Gasteiger charge is 2.29. The summed E-state index contributed by atoms with van der Waals surface area (Å²) in [5.41, 5.74) is 5.31. The smallest absolute Gasteiger partial charge is 0.242 e. The molecule has 5 nitrogen and oxygen atoms in total. The van der Waals surface area contributed by atoms with Crippen LogP contribution in [0.1, 0.15) is 23.1 Å². The van der Waals surface area contributed by atoms with Crippen molar-refractivity contribution in [1.29, 1.82) is 0 Å². The first-order valence-corrected chi connectivity index (χ1v) is 12.5. The minimum absolute atomic E-state index is 0.0715. The molecule has 1 fully saturated rings. The number of anilines is 1. The van der Waals surface area contributed by atoms with Crippen molar-refractivity contribution in [2.24, 2.45) is 0 Å². The van der Waals surface area contributed by atoms with Crippen LogP contribution in [0.15, 0.2) is 32.3 Å². The monoisotopic (exact) mass is 469 g/mol. The van der Waals surface area contributed by atoms with Gasteiger partial charge in [-0.2, -0.15) is 0 Å². The highest BCUT2D eigenvalue weighted by molar-refractivity contribution is 9.10. The Morgan fingerprint density at radius 2 is 2.00 bits per heavy atom. The van der Waals surface area contributed by atoms with Gasteiger partial charge in [0.15, 0.2) is 0 Å². The summed E-state index contributed by atoms with van der Waals surface area (Å²) in [5, 5.41) is 6.88. The van der Waals surface area contributed by atoms with Gasteiger partial charge in [0.05, 0.1) is 0 Å². The molecule has 1 aliphatic carbocycles. The average molecular weight is 470 g/mol. The molecule has 1 aromatic carbocycles. The molecule has 1 atom stereocenters. The van der Waals surface area contributed by atoms with E-state index in [2.05, 4.69) is 49.9 Å². The molecule has 2 aliphatic rings. The lowest BCUT2D eigenvalue weighted by Crippen LogP contribution is -2.45. The summed E-state index contributed by atoms with van der Waals surface area (Å²) < 4.78 is 29.2. The second kappa shape index (κ2) is 7.83. The average Bonchev–Trinajstić information content (AvgIpc) is 3.09. The summed E-state index contributed by atoms with van der Waals surface area (Å²) in [5.74, 6) is 0. The SMILES string of the molecule is Cc1ccc(N2CCNCC2)c2c1CC[C@@H](NS(=O)(=O)c1cscc1Br)C2. The Balaban J connectivity index is 1.60. The molecule has 2 aromatic rings. The van der Waals surface area contributed by atoms with E-state index in [1.807, 2.05) is 0 Å². The predicted molar refractivity (Wildman–Crippen MR) is 114 cm³/mol. The van der Waals surface area contributed by atoms with E-state index in [-0.39, 0.29) is 6.04 Å². The summed E-state index contributed by atoms with van der Waals surface area (Å²) in [6, 6.07) is 4.35. The van der Waals surface area contributed by atoms with Gasteiger partial charge in [-0.05, 0) is 64.9 Å². The minimum Gasteiger partial charge on any atom is -0.369 e. The molecule has 0 spiro atoms. The summed E-state index contributed by atoms with van der Waals surface area (Å²) >= 11 is 4.73. The van der Waals surface area contributed by atoms with Gasteiger partial charge in [-0.25, -0.2) is 13.1 Å². The van der Waals surface area contributed by atoms with Crippen molar-refractivity contribution in [2.45, 2.75) is 37.1 Å². The normalized spacial score (nSPS) is 20.5. The first kappa shape index (κ1) is 19.4. The van der Waals surface area contributed by atoms with Crippen molar-refractivity contribution < 1.29 is 8.42 Å². The maximum Gasteiger partial charge on any atom is 0.242 e. The second-order valence-corrected chi connectivity index (χ2v) is 10.5. The van der Waals surface area contributed by atoms with Crippen LogP contribution in [0.5, 0.6) is 0 Å². The van der Waals surface area contributed by atoms with Crippen molar-refractivity contribution in [2.75, 3.05) is 31.1 Å². The number of benzene rings is 1. The van der Waals surface area contributed by atoms with Crippen LogP contribution in [-0.4, -0.2) is 40.6 Å². The highest BCUT2D eigenvalue weighted by atomic mass is 79.9. The Bertz CT molecular complexity index is 936. The number of halogens is 1. The minimum atomic E-state index is -3.51. The van der Waals surface area contributed by atoms with Gasteiger partial charge in [0, 0.05) is 53.1 Å². The van der Waals surface area contributed by atoms with E-state index in [1.54, 1.807) is 10.8 Å². The quantitative estimate of drug-likeness (QED) is 0.721. The molecule has 0 amide bonds. The maximum atomic E-state index is 12.8. The number of thiophene rings is 1. The fourth-order valence-electron chi connectivity index (χ4n) is 4.09. The number of hydrogen-bond acceptors (Lipinski definition) is 5. The van der Waals surface area contributed by atoms with E-state index in [4.69, 9.17) is 0 Å². The molecule has 0 unspecified atom stereocenters. The summed E-state index contributed by atoms with van der Waals surface area (Å²) in [7, 11) is -3.51. The van der Waals surface area contributed by atoms with Gasteiger partial charge in [0.1, 0.15) is 4.90 Å². The molecule has 27 heavy (non-hydrogen) atoms. The van der Waals surface area contributed by atoms with Crippen LogP contribution in [0.4, 0.5) is 5.69 Å². The molecule has 2 heterocycles. The Kier molecular flexibility index (Phi) is 5.62. The molecule has 0 saturated carbocycles. The number of nitrogens with zero attached hydrogens (tertiary/aromatic N) is 1. The van der Waals surface area contributed by atoms with Crippen molar-refractivity contribution in [3.63, 3.8) is 0 Å². The number of fused-ring (bicyclic) bond motifs is 1. The predicted octanol–water partition coefficient (Wildman–Crippen LogP) is 3.06. The molecule has 0 bridgehead atoms. The van der Waals surface area contributed by atoms with Crippen molar-refractivity contribution in [3.8, 4) is 0 Å². The van der Waals surface area contributed by atoms with Crippen molar-refractivity contribution in [1.82, 2.24) is 10.0 Å². The van der Waals surface area contributed by atoms with Crippen LogP contribution in [0.2, 0.25) is 0 Å². The first-order valence-electron chi connectivity index (χ1n) is 9.27. The topological polar surface area (TPSA) is 61.4 Å². The lowest BCUT2D eigenvalue weighted by molar-refractivity contribution is 0.505. The van der Waals surface area contributed by atoms with E-state index >= 15 is 0 Å². The van der Waals surface area contributed by atoms with Gasteiger partial charge >= 0.3 is 0 Å². The van der Waals surface area contributed by atoms with Crippen LogP contribution in [0, 0.1) is 6.92 Å². The molecule has 1 aromatic heterocycles. The van der Waals surface area contributed by atoms with Gasteiger partial charge in [0.25, 0.3) is 0 Å². The van der Waals surface area contributed by atoms with Gasteiger partial charge in [-0.1, -0.05) is 6.07 Å². The Labute approximate surface area is 173 Å². The third-order valence-corrected chi connectivity index (χ3v) is 9.16. The third-order valence-electron chi connectivity index (χ3n) is 5.48. The zero-order valence-electron chi connectivity index (χ0n) is 15.3. The van der Waals surface area contributed by atoms with Crippen LogP contribution >= 0.6 is 27.3 Å². The van der Waals surface area contributed by atoms with E-state index in [0.29, 0.717) is 9.37 Å². The first-order chi connectivity index (χ1) is 13.0. The van der Waals surface area contributed by atoms with E-state index < -0.39 is 10.0 Å². The molecule has 0 radical (unpaired) electrons. The lowest BCUT2D eigenvalue weighted by Gasteiger charge is -2.35. The zero-order valence-corrected chi connectivity index (χ0v) is 18.5. The zero-order chi connectivity index (χ0) is 19.0. The fraction of sp³-hybridized carbons (Fsp3) is 0.474. The van der Waals surface area contributed by atoms with Gasteiger partial charge in [-0.15, -0.1) is 11.3 Å². The third kappa shape index (κ3) is 3.96. The van der Waals surface area contributed by atoms with Gasteiger partial charge in [0.2, 0.25) is 10.0 Å². The van der Waals surface area contributed by atoms with Gasteiger partial charge in [-0.3, -0.25) is 0 Å². The second-order valence-electron chi connectivity index (χ2n) is 7.24. The van der Waals surface area contributed by atoms with Crippen molar-refractivity contribution >= 4 is 43.0 Å². The van der Waals surface area contributed by atoms with E-state index in [9.17, 15) is 8.42 Å². The van der Waals surface area contributed by atoms with E-state index in [0.717, 1.165) is 45.4 Å². The number of piperazine rings is 1. The number of hydrogen-bond donors (Lipinski definition) is 2. The summed E-state index contributed by atoms with van der Waals surface area (Å²) in [6.07, 6.45) is 2.50. The van der Waals surface area contributed by atoms with Crippen LogP contribution in [0.3, 0.4) is 0 Å². The molecule has 4 rings (SSSR count). The lowest BCUT2D eigenvalue weighted by atomic mass is 9.84. The number of aryl methyl sites for hydroxylation is 1. The molecule has 1 aliphatic heterocycles. The summed E-state index contributed by atoms with van der Waals surface area (Å²) in [4.78, 5) is 2.77. The maximum absolute atomic E-state index is 12.8. The molecular formula is C19H24BrN3O2S2. The number of nitrogens with one attached hydrogen (secondary N) is 2. The molecular weight excluding hydrogens is 446 g/mol. The van der Waals surface area contributed by atoms with Crippen molar-refractivity contribution in [3.05, 3.63) is 44.1 Å². The standard InChI is InChI=1S/C19H24BrN3O2S2/c1-13-2-5-18(23-8-6-21-7-9-23)16-10-14(3-4-15(13)16)22-27(24,25)19-12-26-11-17(19)20/h2,5,11-12,14,21-22H,3-4,6-10H2,1H3/t14-/m1/s1. The van der Waals surface area contributed by atoms with Gasteiger partial charge < -0.3 is 10.2 Å². The molecule has 8 heteroatoms. The highest BCUT2D eigenvalue weighted by Crippen LogP contribution is 2.34. The fourth-order valence-corrected chi connectivity index (χ4v) is 7.71.